The lowest BCUT2D eigenvalue weighted by Crippen LogP contribution is -2.17. The van der Waals surface area contributed by atoms with Gasteiger partial charge in [0.15, 0.2) is 0 Å². The van der Waals surface area contributed by atoms with Crippen molar-refractivity contribution < 1.29 is 0 Å². The van der Waals surface area contributed by atoms with Crippen molar-refractivity contribution in [3.8, 4) is 6.07 Å². The van der Waals surface area contributed by atoms with E-state index in [0.29, 0.717) is 6.04 Å². The number of likely N-dealkylation sites (tertiary alicyclic amines) is 1. The Bertz CT molecular complexity index is 375. The highest BCUT2D eigenvalue weighted by molar-refractivity contribution is 5.33. The lowest BCUT2D eigenvalue weighted by molar-refractivity contribution is 0.314. The molecule has 2 atom stereocenters. The first kappa shape index (κ1) is 10.2. The number of benzene rings is 1. The summed E-state index contributed by atoms with van der Waals surface area (Å²) in [5, 5.41) is 8.73. The van der Waals surface area contributed by atoms with Crippen molar-refractivity contribution in [1.82, 2.24) is 4.90 Å². The second-order valence-corrected chi connectivity index (χ2v) is 4.53. The van der Waals surface area contributed by atoms with Gasteiger partial charge in [-0.25, -0.2) is 0 Å². The van der Waals surface area contributed by atoms with Crippen molar-refractivity contribution in [2.45, 2.75) is 19.4 Å². The van der Waals surface area contributed by atoms with Gasteiger partial charge in [0.05, 0.1) is 11.6 Å². The number of hydrogen-bond donors (Lipinski definition) is 0. The molecule has 0 spiro atoms. The van der Waals surface area contributed by atoms with Crippen LogP contribution in [0.25, 0.3) is 0 Å². The third-order valence-electron chi connectivity index (χ3n) is 3.18. The molecule has 1 fully saturated rings. The SMILES string of the molecule is CC1CC(c2ccc(C#N)cc2)N(C)C1. The Morgan fingerprint density at radius 1 is 1.33 bits per heavy atom. The highest BCUT2D eigenvalue weighted by atomic mass is 15.2. The number of nitriles is 1. The molecule has 1 saturated heterocycles. The van der Waals surface area contributed by atoms with E-state index in [9.17, 15) is 0 Å². The molecule has 2 heteroatoms. The maximum absolute atomic E-state index is 8.73. The van der Waals surface area contributed by atoms with Crippen LogP contribution in [-0.2, 0) is 0 Å². The van der Waals surface area contributed by atoms with Crippen molar-refractivity contribution in [2.75, 3.05) is 13.6 Å². The van der Waals surface area contributed by atoms with Crippen LogP contribution >= 0.6 is 0 Å². The van der Waals surface area contributed by atoms with Crippen LogP contribution in [0.3, 0.4) is 0 Å². The van der Waals surface area contributed by atoms with Gasteiger partial charge in [-0.3, -0.25) is 4.90 Å². The number of rotatable bonds is 1. The molecule has 0 amide bonds. The first-order chi connectivity index (χ1) is 7.20. The lowest BCUT2D eigenvalue weighted by Gasteiger charge is -2.19. The van der Waals surface area contributed by atoms with E-state index in [1.807, 2.05) is 12.1 Å². The van der Waals surface area contributed by atoms with Gasteiger partial charge in [0.1, 0.15) is 0 Å². The van der Waals surface area contributed by atoms with Crippen LogP contribution in [0.4, 0.5) is 0 Å². The Labute approximate surface area is 91.1 Å². The first-order valence-corrected chi connectivity index (χ1v) is 5.41. The molecule has 0 bridgehead atoms. The molecule has 15 heavy (non-hydrogen) atoms. The van der Waals surface area contributed by atoms with Gasteiger partial charge in [-0.05, 0) is 37.1 Å². The van der Waals surface area contributed by atoms with Gasteiger partial charge < -0.3 is 0 Å². The van der Waals surface area contributed by atoms with Gasteiger partial charge >= 0.3 is 0 Å². The molecule has 0 radical (unpaired) electrons. The zero-order valence-corrected chi connectivity index (χ0v) is 9.27. The summed E-state index contributed by atoms with van der Waals surface area (Å²) >= 11 is 0. The Hall–Kier alpha value is -1.33. The molecule has 2 nitrogen and oxygen atoms in total. The Balaban J connectivity index is 2.20. The van der Waals surface area contributed by atoms with E-state index in [-0.39, 0.29) is 0 Å². The van der Waals surface area contributed by atoms with Crippen molar-refractivity contribution in [1.29, 1.82) is 5.26 Å². The molecule has 2 rings (SSSR count). The third kappa shape index (κ3) is 2.03. The van der Waals surface area contributed by atoms with E-state index >= 15 is 0 Å². The van der Waals surface area contributed by atoms with E-state index in [4.69, 9.17) is 5.26 Å². The summed E-state index contributed by atoms with van der Waals surface area (Å²) in [5.74, 6) is 0.774. The monoisotopic (exact) mass is 200 g/mol. The summed E-state index contributed by atoms with van der Waals surface area (Å²) < 4.78 is 0. The van der Waals surface area contributed by atoms with Gasteiger partial charge in [-0.2, -0.15) is 5.26 Å². The average molecular weight is 200 g/mol. The smallest absolute Gasteiger partial charge is 0.0991 e. The molecule has 78 valence electrons. The topological polar surface area (TPSA) is 27.0 Å². The van der Waals surface area contributed by atoms with E-state index in [1.54, 1.807) is 0 Å². The normalized spacial score (nSPS) is 26.5. The molecule has 1 aliphatic heterocycles. The summed E-state index contributed by atoms with van der Waals surface area (Å²) in [5.41, 5.74) is 2.08. The quantitative estimate of drug-likeness (QED) is 0.696. The Kier molecular flexibility index (Phi) is 2.75. The maximum atomic E-state index is 8.73. The van der Waals surface area contributed by atoms with Crippen LogP contribution in [0, 0.1) is 17.2 Å². The molecule has 0 aliphatic carbocycles. The molecule has 1 aromatic rings. The van der Waals surface area contributed by atoms with Gasteiger partial charge in [-0.1, -0.05) is 19.1 Å². The van der Waals surface area contributed by atoms with Gasteiger partial charge in [0.2, 0.25) is 0 Å². The molecule has 1 aromatic carbocycles. The largest absolute Gasteiger partial charge is 0.299 e. The van der Waals surface area contributed by atoms with E-state index in [0.717, 1.165) is 11.5 Å². The number of hydrogen-bond acceptors (Lipinski definition) is 2. The highest BCUT2D eigenvalue weighted by Gasteiger charge is 2.27. The standard InChI is InChI=1S/C13H16N2/c1-10-7-13(15(2)9-10)12-5-3-11(8-14)4-6-12/h3-6,10,13H,7,9H2,1-2H3. The van der Waals surface area contributed by atoms with Crippen LogP contribution in [0.5, 0.6) is 0 Å². The van der Waals surface area contributed by atoms with Crippen LogP contribution in [0.1, 0.15) is 30.5 Å². The van der Waals surface area contributed by atoms with Crippen molar-refractivity contribution in [2.24, 2.45) is 5.92 Å². The van der Waals surface area contributed by atoms with Gasteiger partial charge in [0.25, 0.3) is 0 Å². The lowest BCUT2D eigenvalue weighted by atomic mass is 10.00. The average Bonchev–Trinajstić information content (AvgIpc) is 2.58. The van der Waals surface area contributed by atoms with Crippen molar-refractivity contribution in [3.63, 3.8) is 0 Å². The van der Waals surface area contributed by atoms with E-state index in [1.165, 1.54) is 18.5 Å². The van der Waals surface area contributed by atoms with Gasteiger partial charge in [0, 0.05) is 12.6 Å². The molecule has 1 aliphatic rings. The summed E-state index contributed by atoms with van der Waals surface area (Å²) in [4.78, 5) is 2.39. The molecule has 1 heterocycles. The predicted molar refractivity (Wildman–Crippen MR) is 60.3 cm³/mol. The minimum Gasteiger partial charge on any atom is -0.299 e. The van der Waals surface area contributed by atoms with Crippen molar-refractivity contribution in [3.05, 3.63) is 35.4 Å². The fourth-order valence-corrected chi connectivity index (χ4v) is 2.42. The molecule has 0 N–H and O–H groups in total. The third-order valence-corrected chi connectivity index (χ3v) is 3.18. The Morgan fingerprint density at radius 3 is 2.47 bits per heavy atom. The Morgan fingerprint density at radius 2 is 2.00 bits per heavy atom. The van der Waals surface area contributed by atoms with Crippen LogP contribution in [0.2, 0.25) is 0 Å². The maximum Gasteiger partial charge on any atom is 0.0991 e. The van der Waals surface area contributed by atoms with Crippen LogP contribution in [-0.4, -0.2) is 18.5 Å². The molecule has 2 unspecified atom stereocenters. The summed E-state index contributed by atoms with van der Waals surface area (Å²) in [6.07, 6.45) is 1.22. The van der Waals surface area contributed by atoms with E-state index in [2.05, 4.69) is 37.1 Å². The summed E-state index contributed by atoms with van der Waals surface area (Å²) in [6, 6.07) is 10.7. The zero-order valence-electron chi connectivity index (χ0n) is 9.27. The van der Waals surface area contributed by atoms with Crippen LogP contribution in [0.15, 0.2) is 24.3 Å². The zero-order chi connectivity index (χ0) is 10.8. The second-order valence-electron chi connectivity index (χ2n) is 4.53. The molecular weight excluding hydrogens is 184 g/mol. The number of nitrogens with zero attached hydrogens (tertiary/aromatic N) is 2. The fourth-order valence-electron chi connectivity index (χ4n) is 2.42. The predicted octanol–water partition coefficient (Wildman–Crippen LogP) is 2.57. The molecule has 0 aromatic heterocycles. The minimum atomic E-state index is 0.535. The first-order valence-electron chi connectivity index (χ1n) is 5.41. The molecular formula is C13H16N2. The fraction of sp³-hybridized carbons (Fsp3) is 0.462. The van der Waals surface area contributed by atoms with Crippen molar-refractivity contribution >= 4 is 0 Å². The van der Waals surface area contributed by atoms with Gasteiger partial charge in [-0.15, -0.1) is 0 Å². The summed E-state index contributed by atoms with van der Waals surface area (Å²) in [7, 11) is 2.17. The minimum absolute atomic E-state index is 0.535. The second kappa shape index (κ2) is 4.04. The summed E-state index contributed by atoms with van der Waals surface area (Å²) in [6.45, 7) is 3.46. The highest BCUT2D eigenvalue weighted by Crippen LogP contribution is 2.33. The van der Waals surface area contributed by atoms with Crippen LogP contribution < -0.4 is 0 Å². The molecule has 0 saturated carbocycles. The van der Waals surface area contributed by atoms with E-state index < -0.39 is 0 Å².